The molecule has 0 heterocycles. The van der Waals surface area contributed by atoms with E-state index in [1.807, 2.05) is 0 Å². The van der Waals surface area contributed by atoms with Crippen LogP contribution in [0.25, 0.3) is 41.8 Å². The lowest BCUT2D eigenvalue weighted by Crippen LogP contribution is -2.35. The van der Waals surface area contributed by atoms with E-state index >= 15 is 0 Å². The Hall–Kier alpha value is -2.31. The fraction of sp³-hybridized carbons (Fsp3) is 0.944. The van der Waals surface area contributed by atoms with Gasteiger partial charge in [0.15, 0.2) is 0 Å². The summed E-state index contributed by atoms with van der Waals surface area (Å²) in [4.78, 5) is 24.0. The molecular formula is C18H36BrCl2N15O. The number of carbonyl (C=O) groups is 1. The van der Waals surface area contributed by atoms with Crippen LogP contribution in [0.3, 0.4) is 0 Å². The van der Waals surface area contributed by atoms with Gasteiger partial charge < -0.3 is 15.5 Å². The van der Waals surface area contributed by atoms with E-state index in [0.717, 1.165) is 37.7 Å². The van der Waals surface area contributed by atoms with Crippen molar-refractivity contribution < 1.29 is 4.79 Å². The summed E-state index contributed by atoms with van der Waals surface area (Å²) >= 11 is 14.0. The maximum Gasteiger partial charge on any atom is 0.222 e. The number of azide groups is 4. The van der Waals surface area contributed by atoms with Crippen LogP contribution in [0.1, 0.15) is 25.7 Å². The third kappa shape index (κ3) is 38.4. The van der Waals surface area contributed by atoms with Gasteiger partial charge >= 0.3 is 0 Å². The van der Waals surface area contributed by atoms with Crippen molar-refractivity contribution >= 4 is 45.0 Å². The van der Waals surface area contributed by atoms with E-state index in [1.165, 1.54) is 0 Å². The number of hydrogen-bond donors (Lipinski definition) is 2. The number of amides is 1. The molecule has 0 bridgehead atoms. The Morgan fingerprint density at radius 3 is 1.54 bits per heavy atom. The lowest BCUT2D eigenvalue weighted by atomic mass is 10.2. The van der Waals surface area contributed by atoms with E-state index in [0.29, 0.717) is 57.4 Å². The number of unbranched alkanes of at least 4 members (excludes halogenated alkanes) is 2. The van der Waals surface area contributed by atoms with Crippen LogP contribution >= 0.6 is 39.1 Å². The molecule has 2 N–H and O–H groups in total. The van der Waals surface area contributed by atoms with Gasteiger partial charge in [-0.15, -0.1) is 23.2 Å². The number of rotatable bonds is 21. The molecule has 0 aromatic heterocycles. The van der Waals surface area contributed by atoms with Crippen molar-refractivity contribution in [3.63, 3.8) is 0 Å². The molecule has 0 fully saturated rings. The molecule has 0 aliphatic carbocycles. The SMILES string of the molecule is ClCCNCCCl.[N-]=[N+]=NCCN(CCN=[N+]=[N-])C(=O)CCCCCBr.[N-]=[N+]=NCCNCCN=[N+]=[N-]. The highest BCUT2D eigenvalue weighted by atomic mass is 79.9. The average molecular weight is 629 g/mol. The van der Waals surface area contributed by atoms with E-state index in [-0.39, 0.29) is 19.0 Å². The summed E-state index contributed by atoms with van der Waals surface area (Å²) in [6.45, 7) is 4.99. The van der Waals surface area contributed by atoms with Gasteiger partial charge in [-0.3, -0.25) is 4.79 Å². The third-order valence-corrected chi connectivity index (χ3v) is 4.83. The van der Waals surface area contributed by atoms with Gasteiger partial charge in [0.1, 0.15) is 0 Å². The van der Waals surface area contributed by atoms with E-state index < -0.39 is 0 Å². The van der Waals surface area contributed by atoms with Crippen LogP contribution in [0.2, 0.25) is 0 Å². The fourth-order valence-corrected chi connectivity index (χ4v) is 2.88. The van der Waals surface area contributed by atoms with Crippen molar-refractivity contribution in [3.05, 3.63) is 41.8 Å². The monoisotopic (exact) mass is 627 g/mol. The molecule has 0 saturated carbocycles. The summed E-state index contributed by atoms with van der Waals surface area (Å²) in [5, 5.41) is 20.3. The molecule has 1 amide bonds. The van der Waals surface area contributed by atoms with E-state index in [4.69, 9.17) is 45.3 Å². The second-order valence-corrected chi connectivity index (χ2v) is 8.13. The van der Waals surface area contributed by atoms with Gasteiger partial charge in [0, 0.05) is 109 Å². The molecule has 0 saturated heterocycles. The van der Waals surface area contributed by atoms with E-state index in [2.05, 4.69) is 66.7 Å². The normalized spacial score (nSPS) is 8.95. The molecule has 0 aromatic rings. The molecule has 0 spiro atoms. The average Bonchev–Trinajstić information content (AvgIpc) is 2.91. The molecule has 0 aliphatic heterocycles. The highest BCUT2D eigenvalue weighted by molar-refractivity contribution is 9.09. The first-order valence-corrected chi connectivity index (χ1v) is 13.7. The number of nitrogens with one attached hydrogen (secondary N) is 2. The first-order valence-electron chi connectivity index (χ1n) is 11.5. The summed E-state index contributed by atoms with van der Waals surface area (Å²) in [7, 11) is 0. The molecule has 0 unspecified atom stereocenters. The van der Waals surface area contributed by atoms with Crippen molar-refractivity contribution in [2.75, 3.05) is 82.5 Å². The molecule has 0 atom stereocenters. The lowest BCUT2D eigenvalue weighted by Gasteiger charge is -2.21. The number of carbonyl (C=O) groups excluding carboxylic acids is 1. The second-order valence-electron chi connectivity index (χ2n) is 6.58. The molecule has 19 heteroatoms. The Balaban J connectivity index is -0.000000539. The van der Waals surface area contributed by atoms with Crippen molar-refractivity contribution in [1.29, 1.82) is 0 Å². The largest absolute Gasteiger partial charge is 0.342 e. The van der Waals surface area contributed by atoms with Crippen LogP contribution in [-0.2, 0) is 4.79 Å². The fourth-order valence-electron chi connectivity index (χ4n) is 2.22. The van der Waals surface area contributed by atoms with Gasteiger partial charge in [-0.2, -0.15) is 0 Å². The predicted molar refractivity (Wildman–Crippen MR) is 152 cm³/mol. The first-order chi connectivity index (χ1) is 18.1. The highest BCUT2D eigenvalue weighted by Crippen LogP contribution is 2.05. The summed E-state index contributed by atoms with van der Waals surface area (Å²) in [5.74, 6) is 1.34. The molecule has 210 valence electrons. The topological polar surface area (TPSA) is 239 Å². The standard InChI is InChI=1S/C10H18BrN7O.C4H9Cl2N.C4H9N7/c11-5-3-1-2-4-10(19)18(8-6-14-16-12)9-7-15-17-13;5-1-3-7-4-2-6;5-10-8-3-1-7-2-4-9-11-6/h1-9H2;7H,1-4H2;7H,1-4H2. The Morgan fingerprint density at radius 1 is 0.703 bits per heavy atom. The number of nitrogens with zero attached hydrogens (tertiary/aromatic N) is 13. The van der Waals surface area contributed by atoms with Gasteiger partial charge in [0.05, 0.1) is 0 Å². The Labute approximate surface area is 235 Å². The highest BCUT2D eigenvalue weighted by Gasteiger charge is 2.11. The number of hydrogen-bond acceptors (Lipinski definition) is 7. The Morgan fingerprint density at radius 2 is 1.14 bits per heavy atom. The summed E-state index contributed by atoms with van der Waals surface area (Å²) in [5.41, 5.74) is 32.2. The smallest absolute Gasteiger partial charge is 0.222 e. The quantitative estimate of drug-likeness (QED) is 0.0539. The van der Waals surface area contributed by atoms with Crippen LogP contribution in [0, 0.1) is 0 Å². The maximum absolute atomic E-state index is 11.9. The van der Waals surface area contributed by atoms with E-state index in [9.17, 15) is 4.79 Å². The van der Waals surface area contributed by atoms with Crippen molar-refractivity contribution in [2.24, 2.45) is 20.5 Å². The van der Waals surface area contributed by atoms with Gasteiger partial charge in [-0.25, -0.2) is 0 Å². The number of halogens is 3. The predicted octanol–water partition coefficient (Wildman–Crippen LogP) is 5.64. The molecule has 16 nitrogen and oxygen atoms in total. The van der Waals surface area contributed by atoms with Crippen LogP contribution in [0.4, 0.5) is 0 Å². The summed E-state index contributed by atoms with van der Waals surface area (Å²) in [6.07, 6.45) is 3.35. The van der Waals surface area contributed by atoms with E-state index in [1.54, 1.807) is 4.90 Å². The Bertz CT molecular complexity index is 676. The Kier molecular flexibility index (Phi) is 40.5. The molecule has 0 radical (unpaired) electrons. The zero-order chi connectivity index (χ0) is 28.2. The molecule has 0 aliphatic rings. The van der Waals surface area contributed by atoms with Gasteiger partial charge in [-0.05, 0) is 35.0 Å². The minimum Gasteiger partial charge on any atom is -0.342 e. The third-order valence-electron chi connectivity index (χ3n) is 3.89. The van der Waals surface area contributed by atoms with Crippen LogP contribution in [0.5, 0.6) is 0 Å². The molecule has 0 rings (SSSR count). The van der Waals surface area contributed by atoms with Crippen LogP contribution < -0.4 is 10.6 Å². The zero-order valence-corrected chi connectivity index (χ0v) is 24.0. The lowest BCUT2D eigenvalue weighted by molar-refractivity contribution is -0.131. The minimum absolute atomic E-state index is 0.0100. The van der Waals surface area contributed by atoms with Gasteiger partial charge in [-0.1, -0.05) is 42.8 Å². The molecular weight excluding hydrogens is 593 g/mol. The van der Waals surface area contributed by atoms with Crippen molar-refractivity contribution in [3.8, 4) is 0 Å². The first kappa shape index (κ1) is 39.2. The number of alkyl halides is 3. The maximum atomic E-state index is 11.9. The van der Waals surface area contributed by atoms with Crippen LogP contribution in [0.15, 0.2) is 20.5 Å². The minimum atomic E-state index is 0.0100. The molecule has 0 aromatic carbocycles. The van der Waals surface area contributed by atoms with Crippen LogP contribution in [-0.4, -0.2) is 93.3 Å². The molecule has 37 heavy (non-hydrogen) atoms. The summed E-state index contributed by atoms with van der Waals surface area (Å²) < 4.78 is 0. The van der Waals surface area contributed by atoms with Gasteiger partial charge in [0.2, 0.25) is 5.91 Å². The van der Waals surface area contributed by atoms with Crippen molar-refractivity contribution in [2.45, 2.75) is 25.7 Å². The van der Waals surface area contributed by atoms with Crippen molar-refractivity contribution in [1.82, 2.24) is 15.5 Å². The summed E-state index contributed by atoms with van der Waals surface area (Å²) in [6, 6.07) is 0. The van der Waals surface area contributed by atoms with Gasteiger partial charge in [0.25, 0.3) is 0 Å². The second kappa shape index (κ2) is 38.2. The zero-order valence-electron chi connectivity index (χ0n) is 20.9.